The third-order valence-electron chi connectivity index (χ3n) is 4.10. The predicted octanol–water partition coefficient (Wildman–Crippen LogP) is 4.13. The maximum atomic E-state index is 12.7. The van der Waals surface area contributed by atoms with Crippen molar-refractivity contribution in [1.29, 1.82) is 0 Å². The molecule has 1 fully saturated rings. The number of aryl methyl sites for hydroxylation is 2. The van der Waals surface area contributed by atoms with Gasteiger partial charge in [0.15, 0.2) is 10.2 Å². The minimum absolute atomic E-state index is 0.223. The van der Waals surface area contributed by atoms with Gasteiger partial charge in [0.2, 0.25) is 0 Å². The number of rotatable bonds is 2. The molecule has 26 heavy (non-hydrogen) atoms. The van der Waals surface area contributed by atoms with Crippen LogP contribution in [0.4, 0.5) is 16.2 Å². The van der Waals surface area contributed by atoms with E-state index < -0.39 is 0 Å². The monoisotopic (exact) mass is 384 g/mol. The molecule has 0 saturated carbocycles. The number of amides is 2. The molecule has 2 aromatic carbocycles. The van der Waals surface area contributed by atoms with Crippen molar-refractivity contribution < 1.29 is 4.79 Å². The van der Waals surface area contributed by atoms with Crippen molar-refractivity contribution in [2.24, 2.45) is 0 Å². The van der Waals surface area contributed by atoms with E-state index in [1.807, 2.05) is 62.4 Å². The Morgan fingerprint density at radius 3 is 1.46 bits per heavy atom. The molecule has 0 atom stereocenters. The van der Waals surface area contributed by atoms with Crippen molar-refractivity contribution >= 4 is 52.1 Å². The lowest BCUT2D eigenvalue weighted by atomic mass is 10.2. The van der Waals surface area contributed by atoms with Crippen LogP contribution in [0.3, 0.4) is 0 Å². The summed E-state index contributed by atoms with van der Waals surface area (Å²) in [6.45, 7) is 5.02. The summed E-state index contributed by atoms with van der Waals surface area (Å²) in [5, 5.41) is 6.96. The fraction of sp³-hybridized carbons (Fsp3) is 0.211. The highest BCUT2D eigenvalue weighted by Gasteiger charge is 2.33. The highest BCUT2D eigenvalue weighted by molar-refractivity contribution is 7.80. The van der Waals surface area contributed by atoms with E-state index in [0.29, 0.717) is 23.3 Å². The van der Waals surface area contributed by atoms with Crippen molar-refractivity contribution in [1.82, 2.24) is 9.80 Å². The van der Waals surface area contributed by atoms with Gasteiger partial charge in [-0.2, -0.15) is 0 Å². The Labute approximate surface area is 164 Å². The number of anilines is 2. The maximum absolute atomic E-state index is 12.7. The molecule has 0 aliphatic carbocycles. The Kier molecular flexibility index (Phi) is 5.49. The molecule has 134 valence electrons. The number of nitrogens with one attached hydrogen (secondary N) is 2. The van der Waals surface area contributed by atoms with Crippen LogP contribution in [0, 0.1) is 13.8 Å². The fourth-order valence-electron chi connectivity index (χ4n) is 2.57. The Balaban J connectivity index is 1.61. The van der Waals surface area contributed by atoms with Crippen molar-refractivity contribution in [3.05, 3.63) is 59.7 Å². The molecule has 0 radical (unpaired) electrons. The Morgan fingerprint density at radius 2 is 1.12 bits per heavy atom. The second-order valence-corrected chi connectivity index (χ2v) is 6.95. The van der Waals surface area contributed by atoms with Crippen LogP contribution >= 0.6 is 24.4 Å². The van der Waals surface area contributed by atoms with Crippen LogP contribution in [0.5, 0.6) is 0 Å². The summed E-state index contributed by atoms with van der Waals surface area (Å²) < 4.78 is 0. The molecule has 5 nitrogen and oxygen atoms in total. The van der Waals surface area contributed by atoms with Gasteiger partial charge in [0.1, 0.15) is 0 Å². The molecule has 2 N–H and O–H groups in total. The van der Waals surface area contributed by atoms with Gasteiger partial charge in [-0.3, -0.25) is 9.80 Å². The zero-order valence-corrected chi connectivity index (χ0v) is 16.3. The van der Waals surface area contributed by atoms with Gasteiger partial charge in [0.25, 0.3) is 0 Å². The summed E-state index contributed by atoms with van der Waals surface area (Å²) in [6, 6.07) is 15.5. The first-order valence-corrected chi connectivity index (χ1v) is 9.10. The molecule has 3 rings (SSSR count). The molecular formula is C19H20N4OS2. The van der Waals surface area contributed by atoms with E-state index >= 15 is 0 Å². The van der Waals surface area contributed by atoms with Crippen molar-refractivity contribution in [2.75, 3.05) is 23.7 Å². The van der Waals surface area contributed by atoms with Crippen LogP contribution in [-0.2, 0) is 0 Å². The minimum Gasteiger partial charge on any atom is -0.332 e. The van der Waals surface area contributed by atoms with E-state index in [2.05, 4.69) is 10.6 Å². The van der Waals surface area contributed by atoms with E-state index in [0.717, 1.165) is 22.5 Å². The smallest absolute Gasteiger partial charge is 0.332 e. The normalized spacial score (nSPS) is 13.7. The quantitative estimate of drug-likeness (QED) is 0.762. The first kappa shape index (κ1) is 18.3. The minimum atomic E-state index is -0.223. The molecule has 7 heteroatoms. The lowest BCUT2D eigenvalue weighted by Gasteiger charge is -2.21. The molecule has 0 bridgehead atoms. The van der Waals surface area contributed by atoms with Crippen LogP contribution in [0.1, 0.15) is 11.1 Å². The summed E-state index contributed by atoms with van der Waals surface area (Å²) in [4.78, 5) is 15.7. The molecule has 1 aliphatic rings. The summed E-state index contributed by atoms with van der Waals surface area (Å²) in [5.74, 6) is 0. The van der Waals surface area contributed by atoms with Crippen LogP contribution < -0.4 is 10.6 Å². The van der Waals surface area contributed by atoms with Gasteiger partial charge >= 0.3 is 6.03 Å². The van der Waals surface area contributed by atoms with E-state index in [9.17, 15) is 4.79 Å². The van der Waals surface area contributed by atoms with E-state index in [4.69, 9.17) is 24.4 Å². The second kappa shape index (κ2) is 7.80. The fourth-order valence-corrected chi connectivity index (χ4v) is 3.14. The average Bonchev–Trinajstić information content (AvgIpc) is 3.00. The lowest BCUT2D eigenvalue weighted by molar-refractivity contribution is 0.221. The first-order valence-electron chi connectivity index (χ1n) is 8.28. The molecule has 1 heterocycles. The molecule has 2 aromatic rings. The van der Waals surface area contributed by atoms with Gasteiger partial charge in [-0.05, 0) is 62.5 Å². The van der Waals surface area contributed by atoms with Gasteiger partial charge in [-0.25, -0.2) is 4.79 Å². The number of carbonyl (C=O) groups is 1. The second-order valence-electron chi connectivity index (χ2n) is 6.18. The lowest BCUT2D eigenvalue weighted by Crippen LogP contribution is -2.42. The summed E-state index contributed by atoms with van der Waals surface area (Å²) >= 11 is 10.8. The summed E-state index contributed by atoms with van der Waals surface area (Å²) in [6.07, 6.45) is 0. The highest BCUT2D eigenvalue weighted by atomic mass is 32.1. The van der Waals surface area contributed by atoms with E-state index in [1.54, 1.807) is 0 Å². The molecule has 0 aromatic heterocycles. The van der Waals surface area contributed by atoms with Crippen LogP contribution in [-0.4, -0.2) is 39.1 Å². The largest absolute Gasteiger partial charge is 0.332 e. The zero-order valence-electron chi connectivity index (χ0n) is 14.7. The first-order chi connectivity index (χ1) is 12.4. The molecule has 1 aliphatic heterocycles. The van der Waals surface area contributed by atoms with Crippen LogP contribution in [0.15, 0.2) is 48.5 Å². The molecule has 1 saturated heterocycles. The number of urea groups is 1. The number of benzene rings is 2. The third kappa shape index (κ3) is 4.17. The maximum Gasteiger partial charge on any atom is 0.332 e. The Bertz CT molecular complexity index is 764. The van der Waals surface area contributed by atoms with Gasteiger partial charge in [-0.1, -0.05) is 35.4 Å². The number of hydrogen-bond donors (Lipinski definition) is 2. The SMILES string of the molecule is Cc1ccc(NC(=S)N2CCN(C(=S)Nc3ccc(C)cc3)C2=O)cc1. The number of nitrogens with zero attached hydrogens (tertiary/aromatic N) is 2. The summed E-state index contributed by atoms with van der Waals surface area (Å²) in [7, 11) is 0. The van der Waals surface area contributed by atoms with Gasteiger partial charge < -0.3 is 10.6 Å². The standard InChI is InChI=1S/C19H20N4OS2/c1-13-3-7-15(8-4-13)20-17(25)22-11-12-23(19(22)24)18(26)21-16-9-5-14(2)6-10-16/h3-10H,11-12H2,1-2H3,(H,20,25)(H,21,26). The molecular weight excluding hydrogens is 364 g/mol. The zero-order chi connectivity index (χ0) is 18.7. The number of carbonyl (C=O) groups excluding carboxylic acids is 1. The Hall–Kier alpha value is -2.51. The van der Waals surface area contributed by atoms with Gasteiger partial charge in [0, 0.05) is 24.5 Å². The van der Waals surface area contributed by atoms with Crippen LogP contribution in [0.25, 0.3) is 0 Å². The van der Waals surface area contributed by atoms with E-state index in [1.165, 1.54) is 9.80 Å². The summed E-state index contributed by atoms with van der Waals surface area (Å²) in [5.41, 5.74) is 4.04. The van der Waals surface area contributed by atoms with Crippen molar-refractivity contribution in [3.63, 3.8) is 0 Å². The third-order valence-corrected chi connectivity index (χ3v) is 4.75. The van der Waals surface area contributed by atoms with Crippen molar-refractivity contribution in [3.8, 4) is 0 Å². The number of thiocarbonyl (C=S) groups is 2. The number of hydrogen-bond acceptors (Lipinski definition) is 3. The average molecular weight is 385 g/mol. The highest BCUT2D eigenvalue weighted by Crippen LogP contribution is 2.16. The topological polar surface area (TPSA) is 47.6 Å². The molecule has 0 unspecified atom stereocenters. The van der Waals surface area contributed by atoms with Crippen LogP contribution in [0.2, 0.25) is 0 Å². The Morgan fingerprint density at radius 1 is 0.769 bits per heavy atom. The van der Waals surface area contributed by atoms with E-state index in [-0.39, 0.29) is 6.03 Å². The molecule has 0 spiro atoms. The molecule has 2 amide bonds. The predicted molar refractivity (Wildman–Crippen MR) is 114 cm³/mol. The van der Waals surface area contributed by atoms with Gasteiger partial charge in [-0.15, -0.1) is 0 Å². The van der Waals surface area contributed by atoms with Gasteiger partial charge in [0.05, 0.1) is 0 Å². The van der Waals surface area contributed by atoms with Crippen molar-refractivity contribution in [2.45, 2.75) is 13.8 Å².